The van der Waals surface area contributed by atoms with E-state index in [1.165, 1.54) is 0 Å². The van der Waals surface area contributed by atoms with E-state index in [0.29, 0.717) is 49.6 Å². The van der Waals surface area contributed by atoms with E-state index in [4.69, 9.17) is 4.74 Å². The number of methoxy groups -OCH3 is 1. The van der Waals surface area contributed by atoms with Crippen LogP contribution in [0.25, 0.3) is 5.78 Å². The molecule has 0 aliphatic rings. The van der Waals surface area contributed by atoms with Crippen LogP contribution in [0.5, 0.6) is 0 Å². The van der Waals surface area contributed by atoms with Gasteiger partial charge in [-0.15, -0.1) is 17.5 Å². The molecule has 2 N–H and O–H groups in total. The number of ether oxygens (including phenoxy) is 1. The van der Waals surface area contributed by atoms with Crippen molar-refractivity contribution in [1.82, 2.24) is 30.2 Å². The normalized spacial score (nSPS) is 11.5. The summed E-state index contributed by atoms with van der Waals surface area (Å²) in [6, 6.07) is 0. The van der Waals surface area contributed by atoms with E-state index in [-0.39, 0.29) is 30.5 Å². The van der Waals surface area contributed by atoms with E-state index in [0.717, 1.165) is 4.52 Å². The molecule has 1 amide bonds. The van der Waals surface area contributed by atoms with Gasteiger partial charge in [0, 0.05) is 44.6 Å². The molecule has 0 radical (unpaired) electrons. The molecule has 158 valence electrons. The first-order valence-corrected chi connectivity index (χ1v) is 8.50. The fourth-order valence-electron chi connectivity index (χ4n) is 2.61. The number of aryl methyl sites for hydroxylation is 2. The van der Waals surface area contributed by atoms with Crippen LogP contribution >= 0.6 is 12.4 Å². The summed E-state index contributed by atoms with van der Waals surface area (Å²) in [4.78, 5) is 19.5. The van der Waals surface area contributed by atoms with Crippen molar-refractivity contribution in [2.45, 2.75) is 32.9 Å². The first kappa shape index (κ1) is 24.1. The van der Waals surface area contributed by atoms with Crippen LogP contribution in [0.15, 0.2) is 0 Å². The molecule has 2 aromatic heterocycles. The van der Waals surface area contributed by atoms with Crippen LogP contribution in [0.1, 0.15) is 29.2 Å². The molecule has 0 saturated carbocycles. The number of alkyl halides is 3. The minimum Gasteiger partial charge on any atom is -0.383 e. The van der Waals surface area contributed by atoms with Crippen molar-refractivity contribution in [3.8, 4) is 0 Å². The topological polar surface area (TPSA) is 93.4 Å². The number of halogens is 4. The van der Waals surface area contributed by atoms with Crippen LogP contribution in [0, 0.1) is 13.8 Å². The predicted molar refractivity (Wildman–Crippen MR) is 98.6 cm³/mol. The minimum atomic E-state index is -4.63. The van der Waals surface area contributed by atoms with Crippen molar-refractivity contribution in [2.24, 2.45) is 0 Å². The van der Waals surface area contributed by atoms with E-state index in [1.807, 2.05) is 0 Å². The molecule has 0 atom stereocenters. The molecule has 0 unspecified atom stereocenters. The Morgan fingerprint density at radius 1 is 1.18 bits per heavy atom. The second-order valence-electron chi connectivity index (χ2n) is 6.00. The Kier molecular flexibility index (Phi) is 9.05. The van der Waals surface area contributed by atoms with Crippen molar-refractivity contribution in [3.05, 3.63) is 22.8 Å². The summed E-state index contributed by atoms with van der Waals surface area (Å²) in [6.07, 6.45) is -4.08. The molecule has 0 spiro atoms. The van der Waals surface area contributed by atoms with E-state index in [1.54, 1.807) is 21.0 Å². The third-order valence-electron chi connectivity index (χ3n) is 4.01. The van der Waals surface area contributed by atoms with Gasteiger partial charge in [0.2, 0.25) is 5.91 Å². The molecule has 2 rings (SSSR count). The van der Waals surface area contributed by atoms with Gasteiger partial charge in [-0.05, 0) is 25.8 Å². The highest BCUT2D eigenvalue weighted by Crippen LogP contribution is 2.27. The first-order chi connectivity index (χ1) is 12.7. The third-order valence-corrected chi connectivity index (χ3v) is 4.01. The Bertz CT molecular complexity index is 797. The fourth-order valence-corrected chi connectivity index (χ4v) is 2.61. The number of rotatable bonds is 9. The molecule has 0 aliphatic carbocycles. The largest absolute Gasteiger partial charge is 0.453 e. The molecular formula is C16H24ClF3N6O2. The Morgan fingerprint density at radius 2 is 1.89 bits per heavy atom. The van der Waals surface area contributed by atoms with Gasteiger partial charge in [0.15, 0.2) is 0 Å². The summed E-state index contributed by atoms with van der Waals surface area (Å²) in [5.74, 6) is -1.47. The number of nitrogens with one attached hydrogen (secondary N) is 2. The van der Waals surface area contributed by atoms with Crippen molar-refractivity contribution in [1.29, 1.82) is 0 Å². The summed E-state index contributed by atoms with van der Waals surface area (Å²) in [7, 11) is 1.61. The average Bonchev–Trinajstić information content (AvgIpc) is 3.02. The summed E-state index contributed by atoms with van der Waals surface area (Å²) in [5, 5.41) is 9.39. The van der Waals surface area contributed by atoms with E-state index >= 15 is 0 Å². The summed E-state index contributed by atoms with van der Waals surface area (Å²) < 4.78 is 44.4. The van der Waals surface area contributed by atoms with Gasteiger partial charge in [-0.1, -0.05) is 0 Å². The number of nitrogens with zero attached hydrogens (tertiary/aromatic N) is 4. The second kappa shape index (κ2) is 10.5. The van der Waals surface area contributed by atoms with Crippen molar-refractivity contribution >= 4 is 24.1 Å². The Hall–Kier alpha value is -1.98. The maximum Gasteiger partial charge on any atom is 0.453 e. The lowest BCUT2D eigenvalue weighted by atomic mass is 10.1. The van der Waals surface area contributed by atoms with Crippen LogP contribution < -0.4 is 10.6 Å². The Labute approximate surface area is 166 Å². The fraction of sp³-hybridized carbons (Fsp3) is 0.625. The van der Waals surface area contributed by atoms with Crippen LogP contribution in [-0.2, 0) is 22.1 Å². The SMILES string of the molecule is COCCNCCNC(=O)CCc1c(C)nc2nc(C(F)(F)F)nn2c1C.Cl. The standard InChI is InChI=1S/C16H23F3N6O2.ClH/c1-10-12(4-5-13(26)21-7-6-20-8-9-27-3)11(2)25-15(22-10)23-14(24-25)16(17,18)19;/h20H,4-9H2,1-3H3,(H,21,26);1H. The van der Waals surface area contributed by atoms with Gasteiger partial charge < -0.3 is 15.4 Å². The highest BCUT2D eigenvalue weighted by molar-refractivity contribution is 5.85. The van der Waals surface area contributed by atoms with Gasteiger partial charge >= 0.3 is 6.18 Å². The lowest BCUT2D eigenvalue weighted by Crippen LogP contribution is -2.33. The number of hydrogen-bond donors (Lipinski definition) is 2. The van der Waals surface area contributed by atoms with Crippen molar-refractivity contribution < 1.29 is 22.7 Å². The molecule has 0 bridgehead atoms. The molecule has 2 aromatic rings. The molecule has 0 fully saturated rings. The number of hydrogen-bond acceptors (Lipinski definition) is 6. The lowest BCUT2D eigenvalue weighted by Gasteiger charge is -2.11. The lowest BCUT2D eigenvalue weighted by molar-refractivity contribution is -0.144. The number of carbonyl (C=O) groups excluding carboxylic acids is 1. The van der Waals surface area contributed by atoms with Crippen LogP contribution in [-0.4, -0.2) is 58.8 Å². The van der Waals surface area contributed by atoms with Crippen LogP contribution in [0.3, 0.4) is 0 Å². The van der Waals surface area contributed by atoms with E-state index < -0.39 is 12.0 Å². The first-order valence-electron chi connectivity index (χ1n) is 8.50. The molecular weight excluding hydrogens is 401 g/mol. The van der Waals surface area contributed by atoms with Gasteiger partial charge in [-0.2, -0.15) is 18.2 Å². The van der Waals surface area contributed by atoms with Crippen LogP contribution in [0.4, 0.5) is 13.2 Å². The molecule has 8 nitrogen and oxygen atoms in total. The maximum atomic E-state index is 12.8. The number of aromatic nitrogens is 4. The molecule has 0 saturated heterocycles. The zero-order valence-electron chi connectivity index (χ0n) is 15.9. The quantitative estimate of drug-likeness (QED) is 0.592. The van der Waals surface area contributed by atoms with Gasteiger partial charge in [-0.25, -0.2) is 9.50 Å². The smallest absolute Gasteiger partial charge is 0.383 e. The number of fused-ring (bicyclic) bond motifs is 1. The van der Waals surface area contributed by atoms with E-state index in [9.17, 15) is 18.0 Å². The monoisotopic (exact) mass is 424 g/mol. The predicted octanol–water partition coefficient (Wildman–Crippen LogP) is 1.47. The third kappa shape index (κ3) is 6.28. The average molecular weight is 425 g/mol. The highest BCUT2D eigenvalue weighted by atomic mass is 35.5. The molecule has 28 heavy (non-hydrogen) atoms. The van der Waals surface area contributed by atoms with Crippen LogP contribution in [0.2, 0.25) is 0 Å². The van der Waals surface area contributed by atoms with E-state index in [2.05, 4.69) is 25.7 Å². The molecule has 12 heteroatoms. The zero-order chi connectivity index (χ0) is 20.0. The summed E-state index contributed by atoms with van der Waals surface area (Å²) in [6.45, 7) is 5.73. The molecule has 2 heterocycles. The Balaban J connectivity index is 0.00000392. The second-order valence-corrected chi connectivity index (χ2v) is 6.00. The van der Waals surface area contributed by atoms with Gasteiger partial charge in [0.25, 0.3) is 11.6 Å². The summed E-state index contributed by atoms with van der Waals surface area (Å²) in [5.41, 5.74) is 1.72. The molecule has 0 aliphatic heterocycles. The summed E-state index contributed by atoms with van der Waals surface area (Å²) >= 11 is 0. The van der Waals surface area contributed by atoms with Crippen molar-refractivity contribution in [3.63, 3.8) is 0 Å². The minimum absolute atomic E-state index is 0. The van der Waals surface area contributed by atoms with Gasteiger partial charge in [0.1, 0.15) is 0 Å². The Morgan fingerprint density at radius 3 is 2.54 bits per heavy atom. The number of amides is 1. The maximum absolute atomic E-state index is 12.8. The molecule has 0 aromatic carbocycles. The van der Waals surface area contributed by atoms with Crippen molar-refractivity contribution in [2.75, 3.05) is 33.4 Å². The van der Waals surface area contributed by atoms with Gasteiger partial charge in [-0.3, -0.25) is 4.79 Å². The number of carbonyl (C=O) groups is 1. The highest BCUT2D eigenvalue weighted by Gasteiger charge is 2.36. The zero-order valence-corrected chi connectivity index (χ0v) is 16.7. The van der Waals surface area contributed by atoms with Gasteiger partial charge in [0.05, 0.1) is 6.61 Å².